The molecule has 0 bridgehead atoms. The smallest absolute Gasteiger partial charge is 0.251 e. The lowest BCUT2D eigenvalue weighted by Crippen LogP contribution is -2.52. The molecule has 0 spiro atoms. The van der Waals surface area contributed by atoms with Crippen LogP contribution in [0.5, 0.6) is 5.75 Å². The predicted octanol–water partition coefficient (Wildman–Crippen LogP) is 1.93. The van der Waals surface area contributed by atoms with Gasteiger partial charge in [-0.2, -0.15) is 0 Å². The Labute approximate surface area is 164 Å². The Bertz CT molecular complexity index is 850. The van der Waals surface area contributed by atoms with Gasteiger partial charge in [0.25, 0.3) is 5.91 Å². The SMILES string of the molecule is CCOc1cccc(N2C(=O)C[C@H](N3CCN(c4ccccn4)CC3)C2=O)c1. The van der Waals surface area contributed by atoms with Crippen molar-refractivity contribution >= 4 is 23.3 Å². The molecule has 1 aromatic carbocycles. The summed E-state index contributed by atoms with van der Waals surface area (Å²) in [7, 11) is 0. The fraction of sp³-hybridized carbons (Fsp3) is 0.381. The summed E-state index contributed by atoms with van der Waals surface area (Å²) >= 11 is 0. The Balaban J connectivity index is 1.44. The third-order valence-corrected chi connectivity index (χ3v) is 5.24. The monoisotopic (exact) mass is 380 g/mol. The topological polar surface area (TPSA) is 66.0 Å². The maximum Gasteiger partial charge on any atom is 0.251 e. The summed E-state index contributed by atoms with van der Waals surface area (Å²) in [6.07, 6.45) is 2.01. The van der Waals surface area contributed by atoms with Crippen LogP contribution in [0.15, 0.2) is 48.7 Å². The zero-order valence-electron chi connectivity index (χ0n) is 16.0. The number of carbonyl (C=O) groups is 2. The lowest BCUT2D eigenvalue weighted by molar-refractivity contribution is -0.123. The molecule has 4 rings (SSSR count). The van der Waals surface area contributed by atoms with Gasteiger partial charge in [0.2, 0.25) is 5.91 Å². The quantitative estimate of drug-likeness (QED) is 0.739. The Morgan fingerprint density at radius 3 is 2.61 bits per heavy atom. The number of carbonyl (C=O) groups excluding carboxylic acids is 2. The molecule has 28 heavy (non-hydrogen) atoms. The number of imide groups is 1. The molecule has 0 radical (unpaired) electrons. The molecule has 1 atom stereocenters. The van der Waals surface area contributed by atoms with Crippen LogP contribution in [0.4, 0.5) is 11.5 Å². The zero-order valence-corrected chi connectivity index (χ0v) is 16.0. The first-order valence-corrected chi connectivity index (χ1v) is 9.67. The van der Waals surface area contributed by atoms with E-state index < -0.39 is 6.04 Å². The number of nitrogens with zero attached hydrogens (tertiary/aromatic N) is 4. The molecular formula is C21H24N4O3. The van der Waals surface area contributed by atoms with Gasteiger partial charge in [0.1, 0.15) is 11.6 Å². The average Bonchev–Trinajstić information content (AvgIpc) is 3.03. The van der Waals surface area contributed by atoms with E-state index in [-0.39, 0.29) is 18.2 Å². The molecule has 2 aliphatic heterocycles. The fourth-order valence-corrected chi connectivity index (χ4v) is 3.85. The molecule has 3 heterocycles. The number of benzene rings is 1. The highest BCUT2D eigenvalue weighted by atomic mass is 16.5. The second kappa shape index (κ2) is 7.98. The third kappa shape index (κ3) is 3.57. The number of piperazine rings is 1. The first-order valence-electron chi connectivity index (χ1n) is 9.67. The maximum absolute atomic E-state index is 13.0. The van der Waals surface area contributed by atoms with Crippen molar-refractivity contribution in [3.63, 3.8) is 0 Å². The molecule has 2 amide bonds. The predicted molar refractivity (Wildman–Crippen MR) is 107 cm³/mol. The Hall–Kier alpha value is -2.93. The van der Waals surface area contributed by atoms with Crippen LogP contribution in [0.25, 0.3) is 0 Å². The summed E-state index contributed by atoms with van der Waals surface area (Å²) in [5.74, 6) is 1.30. The van der Waals surface area contributed by atoms with Crippen molar-refractivity contribution in [2.24, 2.45) is 0 Å². The van der Waals surface area contributed by atoms with Gasteiger partial charge in [-0.15, -0.1) is 0 Å². The molecule has 0 unspecified atom stereocenters. The number of hydrogen-bond acceptors (Lipinski definition) is 6. The number of aromatic nitrogens is 1. The van der Waals surface area contributed by atoms with Crippen LogP contribution in [-0.2, 0) is 9.59 Å². The van der Waals surface area contributed by atoms with Crippen LogP contribution < -0.4 is 14.5 Å². The van der Waals surface area contributed by atoms with E-state index in [0.29, 0.717) is 18.0 Å². The van der Waals surface area contributed by atoms with Gasteiger partial charge in [-0.05, 0) is 31.2 Å². The Morgan fingerprint density at radius 2 is 1.89 bits per heavy atom. The van der Waals surface area contributed by atoms with Crippen LogP contribution in [-0.4, -0.2) is 60.5 Å². The molecule has 0 aliphatic carbocycles. The minimum atomic E-state index is -0.394. The molecule has 2 saturated heterocycles. The molecule has 2 aliphatic rings. The summed E-state index contributed by atoms with van der Waals surface area (Å²) in [5, 5.41) is 0. The number of anilines is 2. The van der Waals surface area contributed by atoms with E-state index in [2.05, 4.69) is 14.8 Å². The fourth-order valence-electron chi connectivity index (χ4n) is 3.85. The average molecular weight is 380 g/mol. The van der Waals surface area contributed by atoms with Crippen molar-refractivity contribution in [2.45, 2.75) is 19.4 Å². The first kappa shape index (κ1) is 18.4. The van der Waals surface area contributed by atoms with Gasteiger partial charge >= 0.3 is 0 Å². The molecule has 2 aromatic rings. The number of hydrogen-bond donors (Lipinski definition) is 0. The lowest BCUT2D eigenvalue weighted by Gasteiger charge is -2.37. The highest BCUT2D eigenvalue weighted by Crippen LogP contribution is 2.29. The summed E-state index contributed by atoms with van der Waals surface area (Å²) in [6, 6.07) is 12.6. The molecule has 0 saturated carbocycles. The van der Waals surface area contributed by atoms with E-state index >= 15 is 0 Å². The van der Waals surface area contributed by atoms with Crippen molar-refractivity contribution in [2.75, 3.05) is 42.6 Å². The lowest BCUT2D eigenvalue weighted by atomic mass is 10.1. The highest BCUT2D eigenvalue weighted by molar-refractivity contribution is 6.22. The van der Waals surface area contributed by atoms with Crippen molar-refractivity contribution in [3.05, 3.63) is 48.7 Å². The van der Waals surface area contributed by atoms with E-state index in [9.17, 15) is 9.59 Å². The van der Waals surface area contributed by atoms with Crippen LogP contribution in [0.3, 0.4) is 0 Å². The minimum absolute atomic E-state index is 0.148. The number of pyridine rings is 1. The van der Waals surface area contributed by atoms with E-state index in [1.165, 1.54) is 4.90 Å². The van der Waals surface area contributed by atoms with Crippen molar-refractivity contribution < 1.29 is 14.3 Å². The highest BCUT2D eigenvalue weighted by Gasteiger charge is 2.43. The summed E-state index contributed by atoms with van der Waals surface area (Å²) in [6.45, 7) is 5.47. The van der Waals surface area contributed by atoms with E-state index in [1.54, 1.807) is 24.4 Å². The van der Waals surface area contributed by atoms with Crippen LogP contribution in [0, 0.1) is 0 Å². The third-order valence-electron chi connectivity index (χ3n) is 5.24. The first-order chi connectivity index (χ1) is 13.7. The van der Waals surface area contributed by atoms with E-state index in [1.807, 2.05) is 31.2 Å². The zero-order chi connectivity index (χ0) is 19.5. The molecule has 2 fully saturated rings. The van der Waals surface area contributed by atoms with Crippen LogP contribution in [0.2, 0.25) is 0 Å². The second-order valence-corrected chi connectivity index (χ2v) is 6.93. The number of rotatable bonds is 5. The van der Waals surface area contributed by atoms with Gasteiger partial charge in [-0.25, -0.2) is 9.88 Å². The normalized spacial score (nSPS) is 20.7. The number of ether oxygens (including phenoxy) is 1. The van der Waals surface area contributed by atoms with Gasteiger partial charge in [0.15, 0.2) is 0 Å². The van der Waals surface area contributed by atoms with Crippen LogP contribution in [0.1, 0.15) is 13.3 Å². The number of amides is 2. The van der Waals surface area contributed by atoms with E-state index in [0.717, 1.165) is 32.0 Å². The van der Waals surface area contributed by atoms with Crippen LogP contribution >= 0.6 is 0 Å². The Kier molecular flexibility index (Phi) is 5.25. The van der Waals surface area contributed by atoms with Gasteiger partial charge in [0, 0.05) is 38.4 Å². The van der Waals surface area contributed by atoms with Gasteiger partial charge in [-0.1, -0.05) is 12.1 Å². The van der Waals surface area contributed by atoms with Gasteiger partial charge in [0.05, 0.1) is 24.8 Å². The van der Waals surface area contributed by atoms with Crippen molar-refractivity contribution in [3.8, 4) is 5.75 Å². The van der Waals surface area contributed by atoms with Gasteiger partial charge < -0.3 is 9.64 Å². The molecule has 1 aromatic heterocycles. The summed E-state index contributed by atoms with van der Waals surface area (Å²) < 4.78 is 5.50. The van der Waals surface area contributed by atoms with Crippen molar-refractivity contribution in [1.82, 2.24) is 9.88 Å². The molecule has 7 nitrogen and oxygen atoms in total. The maximum atomic E-state index is 13.0. The molecular weight excluding hydrogens is 356 g/mol. The summed E-state index contributed by atoms with van der Waals surface area (Å²) in [4.78, 5) is 35.7. The minimum Gasteiger partial charge on any atom is -0.494 e. The standard InChI is InChI=1S/C21H24N4O3/c1-2-28-17-7-5-6-16(14-17)25-20(26)15-18(21(25)27)23-10-12-24(13-11-23)19-8-3-4-9-22-19/h3-9,14,18H,2,10-13,15H2,1H3/t18-/m0/s1. The Morgan fingerprint density at radius 1 is 1.07 bits per heavy atom. The second-order valence-electron chi connectivity index (χ2n) is 6.93. The summed E-state index contributed by atoms with van der Waals surface area (Å²) in [5.41, 5.74) is 0.579. The molecule has 0 N–H and O–H groups in total. The largest absolute Gasteiger partial charge is 0.494 e. The molecule has 7 heteroatoms. The van der Waals surface area contributed by atoms with Gasteiger partial charge in [-0.3, -0.25) is 14.5 Å². The van der Waals surface area contributed by atoms with Crippen molar-refractivity contribution in [1.29, 1.82) is 0 Å². The van der Waals surface area contributed by atoms with E-state index in [4.69, 9.17) is 4.74 Å². The molecule has 146 valence electrons.